The molecule has 0 N–H and O–H groups in total. The van der Waals surface area contributed by atoms with E-state index in [0.717, 1.165) is 5.56 Å². The van der Waals surface area contributed by atoms with E-state index in [1.807, 2.05) is 6.07 Å². The van der Waals surface area contributed by atoms with Crippen LogP contribution in [-0.2, 0) is 9.53 Å². The minimum atomic E-state index is -0.412. The summed E-state index contributed by atoms with van der Waals surface area (Å²) in [5, 5.41) is 1.02. The predicted molar refractivity (Wildman–Crippen MR) is 111 cm³/mol. The lowest BCUT2D eigenvalue weighted by Crippen LogP contribution is -2.23. The van der Waals surface area contributed by atoms with E-state index < -0.39 is 5.97 Å². The van der Waals surface area contributed by atoms with Gasteiger partial charge in [0.25, 0.3) is 5.91 Å². The summed E-state index contributed by atoms with van der Waals surface area (Å²) in [5.41, 5.74) is 1.86. The predicted octanol–water partition coefficient (Wildman–Crippen LogP) is 4.37. The molecule has 0 atom stereocenters. The molecule has 0 aliphatic carbocycles. The van der Waals surface area contributed by atoms with Crippen LogP contribution in [-0.4, -0.2) is 43.2 Å². The molecule has 1 heterocycles. The smallest absolute Gasteiger partial charge is 0.337 e. The van der Waals surface area contributed by atoms with Crippen LogP contribution in [0.1, 0.15) is 15.9 Å². The molecule has 0 bridgehead atoms. The van der Waals surface area contributed by atoms with Gasteiger partial charge in [0, 0.05) is 7.05 Å². The van der Waals surface area contributed by atoms with Gasteiger partial charge in [0.05, 0.1) is 35.4 Å². The summed E-state index contributed by atoms with van der Waals surface area (Å²) in [6.45, 7) is 0. The second-order valence-corrected chi connectivity index (χ2v) is 7.22. The number of hydrogen-bond acceptors (Lipinski definition) is 6. The maximum atomic E-state index is 12.5. The maximum Gasteiger partial charge on any atom is 0.337 e. The number of amidine groups is 1. The van der Waals surface area contributed by atoms with Gasteiger partial charge in [-0.2, -0.15) is 0 Å². The number of benzene rings is 2. The first-order valence-corrected chi connectivity index (χ1v) is 9.40. The Morgan fingerprint density at radius 3 is 2.50 bits per heavy atom. The van der Waals surface area contributed by atoms with E-state index in [1.165, 1.54) is 23.8 Å². The van der Waals surface area contributed by atoms with Crippen molar-refractivity contribution in [3.8, 4) is 5.75 Å². The highest BCUT2D eigenvalue weighted by atomic mass is 35.5. The van der Waals surface area contributed by atoms with Crippen molar-refractivity contribution in [2.45, 2.75) is 0 Å². The largest absolute Gasteiger partial charge is 0.495 e. The molecule has 0 aromatic heterocycles. The number of amides is 1. The maximum absolute atomic E-state index is 12.5. The number of methoxy groups -OCH3 is 2. The first-order chi connectivity index (χ1) is 13.4. The molecule has 0 radical (unpaired) electrons. The standard InChI is InChI=1S/C20H17ClN2O4S/c1-23-18(24)17(11-12-4-9-16(26-2)15(21)10-12)28-20(23)22-14-7-5-13(6-8-14)19(25)27-3/h4-11H,1-3H3. The number of carbonyl (C=O) groups excluding carboxylic acids is 2. The van der Waals surface area contributed by atoms with Crippen molar-refractivity contribution in [2.24, 2.45) is 4.99 Å². The van der Waals surface area contributed by atoms with Gasteiger partial charge in [-0.3, -0.25) is 9.69 Å². The second kappa shape index (κ2) is 8.50. The Bertz CT molecular complexity index is 986. The number of nitrogens with zero attached hydrogens (tertiary/aromatic N) is 2. The van der Waals surface area contributed by atoms with Crippen LogP contribution in [0.25, 0.3) is 6.08 Å². The van der Waals surface area contributed by atoms with Crippen molar-refractivity contribution in [1.82, 2.24) is 4.90 Å². The zero-order valence-electron chi connectivity index (χ0n) is 15.4. The lowest BCUT2D eigenvalue weighted by Gasteiger charge is -2.07. The molecule has 1 saturated heterocycles. The third kappa shape index (κ3) is 4.21. The van der Waals surface area contributed by atoms with Gasteiger partial charge >= 0.3 is 5.97 Å². The summed E-state index contributed by atoms with van der Waals surface area (Å²) in [6.07, 6.45) is 1.76. The quantitative estimate of drug-likeness (QED) is 0.547. The zero-order chi connectivity index (χ0) is 20.3. The molecule has 1 fully saturated rings. The monoisotopic (exact) mass is 416 g/mol. The summed E-state index contributed by atoms with van der Waals surface area (Å²) in [7, 11) is 4.54. The fourth-order valence-electron chi connectivity index (χ4n) is 2.48. The van der Waals surface area contributed by atoms with Crippen LogP contribution in [0.5, 0.6) is 5.75 Å². The van der Waals surface area contributed by atoms with Crippen molar-refractivity contribution in [1.29, 1.82) is 0 Å². The fourth-order valence-corrected chi connectivity index (χ4v) is 3.73. The topological polar surface area (TPSA) is 68.2 Å². The zero-order valence-corrected chi connectivity index (χ0v) is 17.0. The van der Waals surface area contributed by atoms with Crippen LogP contribution >= 0.6 is 23.4 Å². The number of aliphatic imine (C=N–C) groups is 1. The number of carbonyl (C=O) groups is 2. The van der Waals surface area contributed by atoms with E-state index in [1.54, 1.807) is 56.6 Å². The summed E-state index contributed by atoms with van der Waals surface area (Å²) < 4.78 is 9.82. The molecule has 1 amide bonds. The van der Waals surface area contributed by atoms with Crippen LogP contribution in [0, 0.1) is 0 Å². The highest BCUT2D eigenvalue weighted by Crippen LogP contribution is 2.34. The molecule has 2 aromatic rings. The Labute approximate surface area is 171 Å². The molecule has 0 saturated carbocycles. The number of esters is 1. The third-order valence-electron chi connectivity index (χ3n) is 3.99. The molecule has 0 spiro atoms. The van der Waals surface area contributed by atoms with Gasteiger partial charge in [-0.05, 0) is 59.8 Å². The van der Waals surface area contributed by atoms with Crippen LogP contribution in [0.15, 0.2) is 52.4 Å². The molecule has 1 aliphatic heterocycles. The number of hydrogen-bond donors (Lipinski definition) is 0. The fraction of sp³-hybridized carbons (Fsp3) is 0.150. The van der Waals surface area contributed by atoms with Gasteiger partial charge in [-0.1, -0.05) is 17.7 Å². The number of likely N-dealkylation sites (N-methyl/N-ethyl adjacent to an activating group) is 1. The van der Waals surface area contributed by atoms with E-state index in [4.69, 9.17) is 16.3 Å². The number of thioether (sulfide) groups is 1. The molecule has 1 aliphatic rings. The van der Waals surface area contributed by atoms with Gasteiger partial charge in [-0.15, -0.1) is 0 Å². The second-order valence-electron chi connectivity index (χ2n) is 5.80. The molecule has 144 valence electrons. The third-order valence-corrected chi connectivity index (χ3v) is 5.35. The molecule has 28 heavy (non-hydrogen) atoms. The molecular weight excluding hydrogens is 400 g/mol. The van der Waals surface area contributed by atoms with Crippen molar-refractivity contribution < 1.29 is 19.1 Å². The van der Waals surface area contributed by atoms with Crippen molar-refractivity contribution in [2.75, 3.05) is 21.3 Å². The Balaban J connectivity index is 1.83. The lowest BCUT2D eigenvalue weighted by atomic mass is 10.2. The van der Waals surface area contributed by atoms with Gasteiger partial charge in [0.1, 0.15) is 5.75 Å². The number of halogens is 1. The van der Waals surface area contributed by atoms with Crippen LogP contribution in [0.2, 0.25) is 5.02 Å². The van der Waals surface area contributed by atoms with Gasteiger partial charge < -0.3 is 9.47 Å². The SMILES string of the molecule is COC(=O)c1ccc(N=C2SC(=Cc3ccc(OC)c(Cl)c3)C(=O)N2C)cc1. The molecule has 2 aromatic carbocycles. The van der Waals surface area contributed by atoms with Gasteiger partial charge in [0.2, 0.25) is 0 Å². The van der Waals surface area contributed by atoms with E-state index >= 15 is 0 Å². The first kappa shape index (κ1) is 20.0. The normalized spacial score (nSPS) is 16.7. The lowest BCUT2D eigenvalue weighted by molar-refractivity contribution is -0.121. The summed E-state index contributed by atoms with van der Waals surface area (Å²) in [4.78, 5) is 30.6. The van der Waals surface area contributed by atoms with E-state index in [-0.39, 0.29) is 5.91 Å². The highest BCUT2D eigenvalue weighted by Gasteiger charge is 2.30. The van der Waals surface area contributed by atoms with Crippen LogP contribution in [0.4, 0.5) is 5.69 Å². The summed E-state index contributed by atoms with van der Waals surface area (Å²) in [6, 6.07) is 12.0. The van der Waals surface area contributed by atoms with Gasteiger partial charge in [0.15, 0.2) is 5.17 Å². The first-order valence-electron chi connectivity index (χ1n) is 8.21. The minimum Gasteiger partial charge on any atom is -0.495 e. The number of rotatable bonds is 4. The average Bonchev–Trinajstić information content (AvgIpc) is 2.96. The molecule has 0 unspecified atom stereocenters. The van der Waals surface area contributed by atoms with E-state index in [0.29, 0.717) is 32.1 Å². The van der Waals surface area contributed by atoms with Crippen molar-refractivity contribution >= 4 is 52.2 Å². The minimum absolute atomic E-state index is 0.151. The number of ether oxygens (including phenoxy) is 2. The molecule has 6 nitrogen and oxygen atoms in total. The van der Waals surface area contributed by atoms with Crippen molar-refractivity contribution in [3.63, 3.8) is 0 Å². The molecular formula is C20H17ClN2O4S. The summed E-state index contributed by atoms with van der Waals surface area (Å²) in [5.74, 6) is 0.0102. The summed E-state index contributed by atoms with van der Waals surface area (Å²) >= 11 is 7.42. The molecule has 8 heteroatoms. The average molecular weight is 417 g/mol. The Hall–Kier alpha value is -2.77. The van der Waals surface area contributed by atoms with Crippen molar-refractivity contribution in [3.05, 3.63) is 63.5 Å². The van der Waals surface area contributed by atoms with E-state index in [9.17, 15) is 9.59 Å². The highest BCUT2D eigenvalue weighted by molar-refractivity contribution is 8.18. The van der Waals surface area contributed by atoms with Crippen LogP contribution < -0.4 is 4.74 Å². The van der Waals surface area contributed by atoms with E-state index in [2.05, 4.69) is 9.73 Å². The molecule has 3 rings (SSSR count). The Morgan fingerprint density at radius 2 is 1.89 bits per heavy atom. The van der Waals surface area contributed by atoms with Gasteiger partial charge in [-0.25, -0.2) is 9.79 Å². The van der Waals surface area contributed by atoms with Crippen LogP contribution in [0.3, 0.4) is 0 Å². The Kier molecular flexibility index (Phi) is 6.06. The Morgan fingerprint density at radius 1 is 1.18 bits per heavy atom.